The Balaban J connectivity index is 2.16. The van der Waals surface area contributed by atoms with Gasteiger partial charge in [0.25, 0.3) is 0 Å². The minimum atomic E-state index is -3.57. The number of fused-ring (bicyclic) bond motifs is 1. The Morgan fingerprint density at radius 1 is 1.32 bits per heavy atom. The van der Waals surface area contributed by atoms with Crippen LogP contribution in [0, 0.1) is 0 Å². The number of hydrogen-bond acceptors (Lipinski definition) is 4. The first-order valence-corrected chi connectivity index (χ1v) is 7.98. The van der Waals surface area contributed by atoms with Crippen LogP contribution in [0.1, 0.15) is 13.3 Å². The normalized spacial score (nSPS) is 16.1. The molecule has 0 aliphatic carbocycles. The second kappa shape index (κ2) is 5.98. The third-order valence-corrected chi connectivity index (χ3v) is 4.65. The van der Waals surface area contributed by atoms with Gasteiger partial charge in [0.05, 0.1) is 4.90 Å². The maximum Gasteiger partial charge on any atom is 0.240 e. The Morgan fingerprint density at radius 3 is 2.68 bits per heavy atom. The molecule has 0 saturated carbocycles. The van der Waals surface area contributed by atoms with E-state index >= 15 is 0 Å². The molecule has 7 heteroatoms. The maximum absolute atomic E-state index is 12.1. The van der Waals surface area contributed by atoms with Crippen LogP contribution in [-0.2, 0) is 10.0 Å². The number of alkyl halides is 1. The molecular formula is C12H16ClNO4S. The first kappa shape index (κ1) is 14.4. The number of rotatable bonds is 5. The predicted molar refractivity (Wildman–Crippen MR) is 72.6 cm³/mol. The fraction of sp³-hybridized carbons (Fsp3) is 0.500. The number of hydrogen-bond donors (Lipinski definition) is 1. The van der Waals surface area contributed by atoms with Crippen LogP contribution in [0.2, 0.25) is 0 Å². The molecule has 1 heterocycles. The molecule has 1 atom stereocenters. The third kappa shape index (κ3) is 3.52. The van der Waals surface area contributed by atoms with Crippen molar-refractivity contribution in [2.75, 3.05) is 19.8 Å². The van der Waals surface area contributed by atoms with Gasteiger partial charge in [-0.15, -0.1) is 11.6 Å². The first-order chi connectivity index (χ1) is 9.03. The van der Waals surface area contributed by atoms with Gasteiger partial charge < -0.3 is 9.47 Å². The molecule has 0 bridgehead atoms. The molecule has 1 N–H and O–H groups in total. The van der Waals surface area contributed by atoms with Crippen LogP contribution in [0.5, 0.6) is 11.5 Å². The molecule has 5 nitrogen and oxygen atoms in total. The van der Waals surface area contributed by atoms with Crippen LogP contribution in [0.3, 0.4) is 0 Å². The average Bonchev–Trinajstić information content (AvgIpc) is 2.44. The summed E-state index contributed by atoms with van der Waals surface area (Å²) in [5.74, 6) is 1.01. The van der Waals surface area contributed by atoms with Gasteiger partial charge in [-0.2, -0.15) is 0 Å². The lowest BCUT2D eigenvalue weighted by Crippen LogP contribution is -2.29. The summed E-state index contributed by atoms with van der Waals surface area (Å²) in [7, 11) is -3.57. The standard InChI is InChI=1S/C12H16ClNO4S/c1-2-9(13)8-14-19(15,16)10-3-4-11-12(7-10)18-6-5-17-11/h3-4,7,9,14H,2,5-6,8H2,1H3. The quantitative estimate of drug-likeness (QED) is 0.842. The molecule has 1 aliphatic rings. The molecule has 1 aromatic rings. The molecule has 19 heavy (non-hydrogen) atoms. The van der Waals surface area contributed by atoms with E-state index in [2.05, 4.69) is 4.72 Å². The van der Waals surface area contributed by atoms with E-state index in [-0.39, 0.29) is 16.8 Å². The van der Waals surface area contributed by atoms with E-state index < -0.39 is 10.0 Å². The lowest BCUT2D eigenvalue weighted by molar-refractivity contribution is 0.171. The van der Waals surface area contributed by atoms with Crippen LogP contribution in [0.15, 0.2) is 23.1 Å². The van der Waals surface area contributed by atoms with Gasteiger partial charge in [0.1, 0.15) is 13.2 Å². The number of nitrogens with one attached hydrogen (secondary N) is 1. The van der Waals surface area contributed by atoms with Crippen molar-refractivity contribution in [1.82, 2.24) is 4.72 Å². The lowest BCUT2D eigenvalue weighted by atomic mass is 10.3. The van der Waals surface area contributed by atoms with E-state index in [1.165, 1.54) is 12.1 Å². The smallest absolute Gasteiger partial charge is 0.240 e. The molecule has 1 aromatic carbocycles. The minimum absolute atomic E-state index is 0.150. The molecule has 0 spiro atoms. The van der Waals surface area contributed by atoms with Gasteiger partial charge in [-0.1, -0.05) is 6.92 Å². The molecule has 0 radical (unpaired) electrons. The number of benzene rings is 1. The summed E-state index contributed by atoms with van der Waals surface area (Å²) in [6.45, 7) is 3.00. The second-order valence-corrected chi connectivity index (χ2v) is 6.55. The second-order valence-electron chi connectivity index (χ2n) is 4.16. The van der Waals surface area contributed by atoms with Gasteiger partial charge in [-0.25, -0.2) is 13.1 Å². The Hall–Kier alpha value is -0.980. The van der Waals surface area contributed by atoms with E-state index in [9.17, 15) is 8.42 Å². The van der Waals surface area contributed by atoms with Crippen molar-refractivity contribution in [3.8, 4) is 11.5 Å². The van der Waals surface area contributed by atoms with E-state index in [1.807, 2.05) is 6.92 Å². The zero-order valence-corrected chi connectivity index (χ0v) is 12.1. The van der Waals surface area contributed by atoms with Crippen molar-refractivity contribution in [2.45, 2.75) is 23.6 Å². The summed E-state index contributed by atoms with van der Waals surface area (Å²) in [6, 6.07) is 4.55. The zero-order valence-electron chi connectivity index (χ0n) is 10.6. The number of halogens is 1. The molecule has 0 saturated heterocycles. The molecule has 0 amide bonds. The maximum atomic E-state index is 12.1. The molecule has 2 rings (SSSR count). The van der Waals surface area contributed by atoms with Gasteiger partial charge in [-0.05, 0) is 18.6 Å². The molecule has 1 unspecified atom stereocenters. The van der Waals surface area contributed by atoms with Crippen molar-refractivity contribution < 1.29 is 17.9 Å². The Labute approximate surface area is 117 Å². The van der Waals surface area contributed by atoms with Crippen LogP contribution in [0.4, 0.5) is 0 Å². The summed E-state index contributed by atoms with van der Waals surface area (Å²) < 4.78 is 37.3. The Bertz CT molecular complexity index is 547. The Morgan fingerprint density at radius 2 is 2.00 bits per heavy atom. The SMILES string of the molecule is CCC(Cl)CNS(=O)(=O)c1ccc2c(c1)OCCO2. The highest BCUT2D eigenvalue weighted by Gasteiger charge is 2.19. The van der Waals surface area contributed by atoms with Crippen molar-refractivity contribution in [3.05, 3.63) is 18.2 Å². The minimum Gasteiger partial charge on any atom is -0.486 e. The average molecular weight is 306 g/mol. The fourth-order valence-corrected chi connectivity index (χ4v) is 2.88. The molecule has 0 fully saturated rings. The largest absolute Gasteiger partial charge is 0.486 e. The van der Waals surface area contributed by atoms with Gasteiger partial charge in [0, 0.05) is 18.0 Å². The van der Waals surface area contributed by atoms with Crippen molar-refractivity contribution >= 4 is 21.6 Å². The highest BCUT2D eigenvalue weighted by atomic mass is 35.5. The van der Waals surface area contributed by atoms with E-state index in [4.69, 9.17) is 21.1 Å². The number of sulfonamides is 1. The van der Waals surface area contributed by atoms with Gasteiger partial charge >= 0.3 is 0 Å². The Kier molecular flexibility index (Phi) is 4.54. The van der Waals surface area contributed by atoms with E-state index in [1.54, 1.807) is 6.07 Å². The fourth-order valence-electron chi connectivity index (χ4n) is 1.62. The van der Waals surface area contributed by atoms with E-state index in [0.29, 0.717) is 31.1 Å². The molecule has 1 aliphatic heterocycles. The summed E-state index contributed by atoms with van der Waals surface area (Å²) >= 11 is 5.90. The third-order valence-electron chi connectivity index (χ3n) is 2.76. The molecule has 0 aromatic heterocycles. The summed E-state index contributed by atoms with van der Waals surface area (Å²) in [5.41, 5.74) is 0. The van der Waals surface area contributed by atoms with E-state index in [0.717, 1.165) is 0 Å². The molecular weight excluding hydrogens is 290 g/mol. The van der Waals surface area contributed by atoms with Gasteiger partial charge in [-0.3, -0.25) is 0 Å². The number of ether oxygens (including phenoxy) is 2. The van der Waals surface area contributed by atoms with Crippen molar-refractivity contribution in [2.24, 2.45) is 0 Å². The van der Waals surface area contributed by atoms with Crippen molar-refractivity contribution in [3.63, 3.8) is 0 Å². The van der Waals surface area contributed by atoms with Crippen LogP contribution in [0.25, 0.3) is 0 Å². The highest BCUT2D eigenvalue weighted by molar-refractivity contribution is 7.89. The summed E-state index contributed by atoms with van der Waals surface area (Å²) in [5, 5.41) is -0.216. The zero-order chi connectivity index (χ0) is 13.9. The first-order valence-electron chi connectivity index (χ1n) is 6.06. The summed E-state index contributed by atoms with van der Waals surface area (Å²) in [6.07, 6.45) is 0.700. The topological polar surface area (TPSA) is 64.6 Å². The lowest BCUT2D eigenvalue weighted by Gasteiger charge is -2.19. The van der Waals surface area contributed by atoms with Crippen molar-refractivity contribution in [1.29, 1.82) is 0 Å². The van der Waals surface area contributed by atoms with Gasteiger partial charge in [0.15, 0.2) is 11.5 Å². The highest BCUT2D eigenvalue weighted by Crippen LogP contribution is 2.32. The molecule has 106 valence electrons. The van der Waals surface area contributed by atoms with Crippen LogP contribution < -0.4 is 14.2 Å². The van der Waals surface area contributed by atoms with Crippen LogP contribution >= 0.6 is 11.6 Å². The predicted octanol–water partition coefficient (Wildman–Crippen LogP) is 1.75. The van der Waals surface area contributed by atoms with Gasteiger partial charge in [0.2, 0.25) is 10.0 Å². The van der Waals surface area contributed by atoms with Crippen LogP contribution in [-0.4, -0.2) is 33.6 Å². The summed E-state index contributed by atoms with van der Waals surface area (Å²) in [4.78, 5) is 0.150. The monoisotopic (exact) mass is 305 g/mol.